The third-order valence-corrected chi connectivity index (χ3v) is 5.79. The average Bonchev–Trinajstić information content (AvgIpc) is 3.25. The molecule has 5 heteroatoms. The van der Waals surface area contributed by atoms with Crippen LogP contribution in [0.1, 0.15) is 53.2 Å². The van der Waals surface area contributed by atoms with Crippen LogP contribution in [0.5, 0.6) is 0 Å². The Hall–Kier alpha value is -2.66. The number of carbonyl (C=O) groups excluding carboxylic acids is 2. The van der Waals surface area contributed by atoms with Gasteiger partial charge in [-0.2, -0.15) is 0 Å². The van der Waals surface area contributed by atoms with Gasteiger partial charge in [0.15, 0.2) is 0 Å². The molecule has 27 heavy (non-hydrogen) atoms. The zero-order chi connectivity index (χ0) is 18.9. The highest BCUT2D eigenvalue weighted by Crippen LogP contribution is 2.35. The quantitative estimate of drug-likeness (QED) is 0.858. The minimum Gasteiger partial charge on any atom is -0.352 e. The lowest BCUT2D eigenvalue weighted by Gasteiger charge is -2.28. The van der Waals surface area contributed by atoms with Crippen molar-refractivity contribution >= 4 is 11.8 Å². The monoisotopic (exact) mass is 363 g/mol. The first-order valence-electron chi connectivity index (χ1n) is 9.59. The molecule has 1 aliphatic carbocycles. The van der Waals surface area contributed by atoms with Crippen LogP contribution in [0, 0.1) is 0 Å². The van der Waals surface area contributed by atoms with Gasteiger partial charge in [0.1, 0.15) is 0 Å². The Labute approximate surface area is 159 Å². The molecule has 2 aliphatic rings. The first-order valence-corrected chi connectivity index (χ1v) is 9.59. The molecule has 140 valence electrons. The van der Waals surface area contributed by atoms with Crippen molar-refractivity contribution in [3.63, 3.8) is 0 Å². The first kappa shape index (κ1) is 17.7. The van der Waals surface area contributed by atoms with Gasteiger partial charge in [-0.25, -0.2) is 0 Å². The van der Waals surface area contributed by atoms with Gasteiger partial charge in [-0.15, -0.1) is 0 Å². The molecule has 5 nitrogen and oxygen atoms in total. The van der Waals surface area contributed by atoms with Crippen molar-refractivity contribution in [2.75, 3.05) is 6.54 Å². The Morgan fingerprint density at radius 3 is 2.48 bits per heavy atom. The summed E-state index contributed by atoms with van der Waals surface area (Å²) >= 11 is 0. The zero-order valence-electron chi connectivity index (χ0n) is 15.4. The summed E-state index contributed by atoms with van der Waals surface area (Å²) in [7, 11) is 0. The Morgan fingerprint density at radius 2 is 1.74 bits per heavy atom. The Morgan fingerprint density at radius 1 is 1.07 bits per heavy atom. The van der Waals surface area contributed by atoms with E-state index in [1.54, 1.807) is 0 Å². The molecule has 0 radical (unpaired) electrons. The van der Waals surface area contributed by atoms with E-state index in [9.17, 15) is 9.59 Å². The van der Waals surface area contributed by atoms with Crippen molar-refractivity contribution < 1.29 is 9.59 Å². The van der Waals surface area contributed by atoms with E-state index in [0.717, 1.165) is 42.4 Å². The van der Waals surface area contributed by atoms with Crippen molar-refractivity contribution in [2.24, 2.45) is 5.73 Å². The molecule has 1 heterocycles. The van der Waals surface area contributed by atoms with Crippen LogP contribution in [0.25, 0.3) is 0 Å². The third kappa shape index (κ3) is 3.35. The molecule has 2 aromatic rings. The number of hydrogen-bond acceptors (Lipinski definition) is 3. The van der Waals surface area contributed by atoms with E-state index in [1.807, 2.05) is 59.5 Å². The summed E-state index contributed by atoms with van der Waals surface area (Å²) in [5.41, 5.74) is 8.28. The smallest absolute Gasteiger partial charge is 0.255 e. The van der Waals surface area contributed by atoms with Crippen molar-refractivity contribution in [2.45, 2.75) is 43.8 Å². The summed E-state index contributed by atoms with van der Waals surface area (Å²) in [6.07, 6.45) is 3.45. The normalized spacial score (nSPS) is 20.6. The fraction of sp³-hybridized carbons (Fsp3) is 0.364. The third-order valence-electron chi connectivity index (χ3n) is 5.79. The molecule has 0 bridgehead atoms. The Balaban J connectivity index is 1.55. The second-order valence-corrected chi connectivity index (χ2v) is 7.59. The first-order chi connectivity index (χ1) is 13.1. The van der Waals surface area contributed by atoms with E-state index in [0.29, 0.717) is 13.1 Å². The number of nitrogens with two attached hydrogens (primary N) is 1. The maximum absolute atomic E-state index is 13.0. The number of hydrogen-bond donors (Lipinski definition) is 2. The molecular weight excluding hydrogens is 338 g/mol. The lowest BCUT2D eigenvalue weighted by atomic mass is 9.97. The van der Waals surface area contributed by atoms with Gasteiger partial charge in [0.2, 0.25) is 5.91 Å². The predicted molar refractivity (Wildman–Crippen MR) is 104 cm³/mol. The van der Waals surface area contributed by atoms with E-state index < -0.39 is 5.54 Å². The minimum atomic E-state index is -0.758. The van der Waals surface area contributed by atoms with Gasteiger partial charge in [0.05, 0.1) is 11.6 Å². The standard InChI is InChI=1S/C22H25N3O2/c23-22(12-6-7-13-22)21(27)24-14-19-17-10-4-5-11-18(17)20(26)25(19)15-16-8-2-1-3-9-16/h1-5,8-11,19H,6-7,12-15,23H2,(H,24,27). The van der Waals surface area contributed by atoms with E-state index >= 15 is 0 Å². The second kappa shape index (κ2) is 7.16. The van der Waals surface area contributed by atoms with Crippen LogP contribution in [0.2, 0.25) is 0 Å². The molecule has 1 unspecified atom stereocenters. The maximum Gasteiger partial charge on any atom is 0.255 e. The fourth-order valence-electron chi connectivity index (χ4n) is 4.23. The largest absolute Gasteiger partial charge is 0.352 e. The molecule has 0 aromatic heterocycles. The molecule has 1 fully saturated rings. The zero-order valence-corrected chi connectivity index (χ0v) is 15.4. The van der Waals surface area contributed by atoms with E-state index in [4.69, 9.17) is 5.73 Å². The highest BCUT2D eigenvalue weighted by Gasteiger charge is 2.40. The van der Waals surface area contributed by atoms with Crippen molar-refractivity contribution in [1.82, 2.24) is 10.2 Å². The molecule has 4 rings (SSSR count). The van der Waals surface area contributed by atoms with Gasteiger partial charge in [0.25, 0.3) is 5.91 Å². The average molecular weight is 363 g/mol. The molecule has 1 aliphatic heterocycles. The predicted octanol–water partition coefficient (Wildman–Crippen LogP) is 2.77. The summed E-state index contributed by atoms with van der Waals surface area (Å²) in [6.45, 7) is 0.899. The van der Waals surface area contributed by atoms with Crippen LogP contribution < -0.4 is 11.1 Å². The van der Waals surface area contributed by atoms with Crippen LogP contribution in [-0.4, -0.2) is 28.8 Å². The van der Waals surface area contributed by atoms with Crippen molar-refractivity contribution in [1.29, 1.82) is 0 Å². The van der Waals surface area contributed by atoms with Crippen LogP contribution in [0.4, 0.5) is 0 Å². The molecule has 1 atom stereocenters. The highest BCUT2D eigenvalue weighted by atomic mass is 16.2. The molecular formula is C22H25N3O2. The lowest BCUT2D eigenvalue weighted by Crippen LogP contribution is -2.53. The summed E-state index contributed by atoms with van der Waals surface area (Å²) in [5.74, 6) is -0.0893. The molecule has 0 spiro atoms. The highest BCUT2D eigenvalue weighted by molar-refractivity contribution is 5.99. The topological polar surface area (TPSA) is 75.4 Å². The maximum atomic E-state index is 13.0. The summed E-state index contributed by atoms with van der Waals surface area (Å²) in [6, 6.07) is 17.4. The van der Waals surface area contributed by atoms with Gasteiger partial charge in [0, 0.05) is 18.7 Å². The molecule has 0 saturated heterocycles. The molecule has 1 saturated carbocycles. The Kier molecular flexibility index (Phi) is 4.70. The van der Waals surface area contributed by atoms with Gasteiger partial charge in [-0.3, -0.25) is 9.59 Å². The van der Waals surface area contributed by atoms with E-state index in [2.05, 4.69) is 5.32 Å². The number of nitrogens with one attached hydrogen (secondary N) is 1. The van der Waals surface area contributed by atoms with Gasteiger partial charge in [-0.1, -0.05) is 61.4 Å². The number of benzene rings is 2. The number of fused-ring (bicyclic) bond motifs is 1. The molecule has 2 aromatic carbocycles. The SMILES string of the molecule is NC1(C(=O)NCC2c3ccccc3C(=O)N2Cc2ccccc2)CCCC1. The summed E-state index contributed by atoms with van der Waals surface area (Å²) in [4.78, 5) is 27.5. The van der Waals surface area contributed by atoms with E-state index in [1.165, 1.54) is 0 Å². The molecule has 2 amide bonds. The summed E-state index contributed by atoms with van der Waals surface area (Å²) < 4.78 is 0. The minimum absolute atomic E-state index is 0.0111. The number of rotatable bonds is 5. The number of nitrogens with zero attached hydrogens (tertiary/aromatic N) is 1. The van der Waals surface area contributed by atoms with Crippen LogP contribution >= 0.6 is 0 Å². The van der Waals surface area contributed by atoms with Crippen LogP contribution in [0.3, 0.4) is 0 Å². The number of amides is 2. The van der Waals surface area contributed by atoms with Gasteiger partial charge < -0.3 is 16.0 Å². The Bertz CT molecular complexity index is 844. The molecule has 3 N–H and O–H groups in total. The lowest BCUT2D eigenvalue weighted by molar-refractivity contribution is -0.126. The van der Waals surface area contributed by atoms with Crippen molar-refractivity contribution in [3.8, 4) is 0 Å². The second-order valence-electron chi connectivity index (χ2n) is 7.59. The van der Waals surface area contributed by atoms with Crippen LogP contribution in [0.15, 0.2) is 54.6 Å². The fourth-order valence-corrected chi connectivity index (χ4v) is 4.23. The van der Waals surface area contributed by atoms with Gasteiger partial charge in [-0.05, 0) is 30.0 Å². The number of carbonyl (C=O) groups is 2. The van der Waals surface area contributed by atoms with E-state index in [-0.39, 0.29) is 17.9 Å². The summed E-state index contributed by atoms with van der Waals surface area (Å²) in [5, 5.41) is 3.03. The van der Waals surface area contributed by atoms with Crippen LogP contribution in [-0.2, 0) is 11.3 Å². The van der Waals surface area contributed by atoms with Gasteiger partial charge >= 0.3 is 0 Å². The van der Waals surface area contributed by atoms with Crippen molar-refractivity contribution in [3.05, 3.63) is 71.3 Å².